The van der Waals surface area contributed by atoms with Crippen LogP contribution in [0.3, 0.4) is 0 Å². The molecule has 0 saturated carbocycles. The topological polar surface area (TPSA) is 26.0 Å². The highest BCUT2D eigenvalue weighted by atomic mass is 79.9. The number of rotatable bonds is 5. The van der Waals surface area contributed by atoms with E-state index in [-0.39, 0.29) is 11.7 Å². The first-order chi connectivity index (χ1) is 9.58. The van der Waals surface area contributed by atoms with Crippen LogP contribution in [0.2, 0.25) is 5.02 Å². The van der Waals surface area contributed by atoms with Gasteiger partial charge in [0.1, 0.15) is 5.82 Å². The zero-order valence-electron chi connectivity index (χ0n) is 11.0. The fraction of sp³-hybridized carbons (Fsp3) is 0.250. The average Bonchev–Trinajstić information content (AvgIpc) is 2.44. The molecule has 0 fully saturated rings. The van der Waals surface area contributed by atoms with Gasteiger partial charge in [0.25, 0.3) is 0 Å². The van der Waals surface area contributed by atoms with E-state index in [2.05, 4.69) is 28.1 Å². The van der Waals surface area contributed by atoms with Gasteiger partial charge in [-0.1, -0.05) is 39.7 Å². The molecule has 0 radical (unpaired) electrons. The molecule has 0 bridgehead atoms. The van der Waals surface area contributed by atoms with Crippen LogP contribution in [0.1, 0.15) is 11.1 Å². The maximum absolute atomic E-state index is 13.3. The molecule has 0 aliphatic carbocycles. The summed E-state index contributed by atoms with van der Waals surface area (Å²) in [7, 11) is 0. The summed E-state index contributed by atoms with van der Waals surface area (Å²) >= 11 is 9.52. The maximum Gasteiger partial charge on any atom is 0.123 e. The molecule has 106 valence electrons. The third-order valence-electron chi connectivity index (χ3n) is 3.29. The fourth-order valence-electron chi connectivity index (χ4n) is 2.20. The van der Waals surface area contributed by atoms with Crippen LogP contribution in [0.25, 0.3) is 0 Å². The summed E-state index contributed by atoms with van der Waals surface area (Å²) in [6.45, 7) is 0.545. The summed E-state index contributed by atoms with van der Waals surface area (Å²) in [5.41, 5.74) is 7.88. The lowest BCUT2D eigenvalue weighted by Crippen LogP contribution is -2.19. The van der Waals surface area contributed by atoms with E-state index in [0.717, 1.165) is 16.5 Å². The minimum absolute atomic E-state index is 0.246. The van der Waals surface area contributed by atoms with Crippen LogP contribution < -0.4 is 5.73 Å². The van der Waals surface area contributed by atoms with Gasteiger partial charge in [0.2, 0.25) is 0 Å². The van der Waals surface area contributed by atoms with E-state index in [4.69, 9.17) is 17.3 Å². The summed E-state index contributed by atoms with van der Waals surface area (Å²) in [5.74, 6) is -0.0145. The predicted molar refractivity (Wildman–Crippen MR) is 85.5 cm³/mol. The third-order valence-corrected chi connectivity index (χ3v) is 4.18. The van der Waals surface area contributed by atoms with Crippen molar-refractivity contribution in [3.8, 4) is 0 Å². The lowest BCUT2D eigenvalue weighted by Gasteiger charge is -2.16. The lowest BCUT2D eigenvalue weighted by molar-refractivity contribution is 0.530. The van der Waals surface area contributed by atoms with Gasteiger partial charge in [-0.05, 0) is 66.8 Å². The molecule has 1 atom stereocenters. The highest BCUT2D eigenvalue weighted by Crippen LogP contribution is 2.22. The van der Waals surface area contributed by atoms with E-state index in [1.807, 2.05) is 12.1 Å². The van der Waals surface area contributed by atoms with E-state index < -0.39 is 0 Å². The minimum Gasteiger partial charge on any atom is -0.330 e. The van der Waals surface area contributed by atoms with E-state index in [1.54, 1.807) is 6.07 Å². The lowest BCUT2D eigenvalue weighted by atomic mass is 9.92. The van der Waals surface area contributed by atoms with E-state index in [0.29, 0.717) is 18.0 Å². The molecule has 0 aliphatic rings. The Balaban J connectivity index is 2.08. The molecule has 0 heterocycles. The van der Waals surface area contributed by atoms with Gasteiger partial charge in [0.05, 0.1) is 0 Å². The van der Waals surface area contributed by atoms with Crippen molar-refractivity contribution in [3.05, 3.63) is 68.9 Å². The van der Waals surface area contributed by atoms with Crippen LogP contribution in [0.5, 0.6) is 0 Å². The second kappa shape index (κ2) is 7.21. The Morgan fingerprint density at radius 1 is 1.10 bits per heavy atom. The van der Waals surface area contributed by atoms with Gasteiger partial charge in [-0.3, -0.25) is 0 Å². The Morgan fingerprint density at radius 2 is 1.80 bits per heavy atom. The first-order valence-electron chi connectivity index (χ1n) is 6.47. The molecular formula is C16H16BrClFN. The van der Waals surface area contributed by atoms with Gasteiger partial charge in [-0.15, -0.1) is 0 Å². The van der Waals surface area contributed by atoms with Crippen molar-refractivity contribution in [1.82, 2.24) is 0 Å². The molecule has 1 unspecified atom stereocenters. The average molecular weight is 357 g/mol. The van der Waals surface area contributed by atoms with Crippen LogP contribution in [-0.4, -0.2) is 6.54 Å². The molecule has 1 nitrogen and oxygen atoms in total. The van der Waals surface area contributed by atoms with Gasteiger partial charge in [0.15, 0.2) is 0 Å². The Hall–Kier alpha value is -0.900. The molecule has 0 saturated heterocycles. The number of nitrogens with two attached hydrogens (primary N) is 1. The number of halogens is 3. The first-order valence-corrected chi connectivity index (χ1v) is 7.64. The highest BCUT2D eigenvalue weighted by Gasteiger charge is 2.12. The summed E-state index contributed by atoms with van der Waals surface area (Å²) < 4.78 is 14.3. The van der Waals surface area contributed by atoms with Crippen LogP contribution in [0.15, 0.2) is 46.9 Å². The number of hydrogen-bond acceptors (Lipinski definition) is 1. The minimum atomic E-state index is -0.260. The molecule has 2 aromatic carbocycles. The monoisotopic (exact) mass is 355 g/mol. The van der Waals surface area contributed by atoms with Gasteiger partial charge >= 0.3 is 0 Å². The number of hydrogen-bond donors (Lipinski definition) is 1. The van der Waals surface area contributed by atoms with Crippen LogP contribution in [0.4, 0.5) is 4.39 Å². The number of benzene rings is 2. The van der Waals surface area contributed by atoms with Crippen LogP contribution in [0, 0.1) is 11.7 Å². The molecule has 2 N–H and O–H groups in total. The van der Waals surface area contributed by atoms with Crippen molar-refractivity contribution in [2.24, 2.45) is 11.7 Å². The summed E-state index contributed by atoms with van der Waals surface area (Å²) in [5, 5.41) is 0.598. The Labute approximate surface area is 132 Å². The molecule has 0 amide bonds. The van der Waals surface area contributed by atoms with Crippen molar-refractivity contribution in [1.29, 1.82) is 0 Å². The molecular weight excluding hydrogens is 341 g/mol. The summed E-state index contributed by atoms with van der Waals surface area (Å²) in [6.07, 6.45) is 1.54. The largest absolute Gasteiger partial charge is 0.330 e. The summed E-state index contributed by atoms with van der Waals surface area (Å²) in [6, 6.07) is 12.6. The summed E-state index contributed by atoms with van der Waals surface area (Å²) in [4.78, 5) is 0. The van der Waals surface area contributed by atoms with Gasteiger partial charge < -0.3 is 5.73 Å². The quantitative estimate of drug-likeness (QED) is 0.832. The molecule has 0 aromatic heterocycles. The zero-order valence-corrected chi connectivity index (χ0v) is 13.3. The Bertz CT molecular complexity index is 571. The zero-order chi connectivity index (χ0) is 14.5. The highest BCUT2D eigenvalue weighted by molar-refractivity contribution is 9.10. The van der Waals surface area contributed by atoms with E-state index in [9.17, 15) is 4.39 Å². The molecule has 20 heavy (non-hydrogen) atoms. The first kappa shape index (κ1) is 15.5. The second-order valence-electron chi connectivity index (χ2n) is 4.87. The van der Waals surface area contributed by atoms with Crippen molar-refractivity contribution in [2.75, 3.05) is 6.54 Å². The van der Waals surface area contributed by atoms with E-state index in [1.165, 1.54) is 17.7 Å². The predicted octanol–water partition coefficient (Wildman–Crippen LogP) is 4.60. The standard InChI is InChI=1S/C16H16BrClFN/c17-14-3-1-11(2-4-14)7-12(10-20)8-13-9-15(19)5-6-16(13)18/h1-6,9,12H,7-8,10,20H2. The van der Waals surface area contributed by atoms with E-state index >= 15 is 0 Å². The second-order valence-corrected chi connectivity index (χ2v) is 6.20. The molecule has 2 aromatic rings. The molecule has 4 heteroatoms. The maximum atomic E-state index is 13.3. The third kappa shape index (κ3) is 4.30. The molecule has 2 rings (SSSR count). The van der Waals surface area contributed by atoms with Crippen molar-refractivity contribution in [3.63, 3.8) is 0 Å². The molecule has 0 aliphatic heterocycles. The SMILES string of the molecule is NCC(Cc1ccc(Br)cc1)Cc1cc(F)ccc1Cl. The smallest absolute Gasteiger partial charge is 0.123 e. The Kier molecular flexibility index (Phi) is 5.58. The fourth-order valence-corrected chi connectivity index (χ4v) is 2.66. The Morgan fingerprint density at radius 3 is 2.45 bits per heavy atom. The van der Waals surface area contributed by atoms with Crippen LogP contribution in [-0.2, 0) is 12.8 Å². The van der Waals surface area contributed by atoms with Gasteiger partial charge in [0, 0.05) is 9.50 Å². The van der Waals surface area contributed by atoms with Gasteiger partial charge in [-0.2, -0.15) is 0 Å². The van der Waals surface area contributed by atoms with Gasteiger partial charge in [-0.25, -0.2) is 4.39 Å². The van der Waals surface area contributed by atoms with Crippen molar-refractivity contribution < 1.29 is 4.39 Å². The molecule has 0 spiro atoms. The van der Waals surface area contributed by atoms with Crippen molar-refractivity contribution in [2.45, 2.75) is 12.8 Å². The van der Waals surface area contributed by atoms with Crippen LogP contribution >= 0.6 is 27.5 Å². The van der Waals surface area contributed by atoms with Crippen molar-refractivity contribution >= 4 is 27.5 Å². The normalized spacial score (nSPS) is 12.4.